The summed E-state index contributed by atoms with van der Waals surface area (Å²) in [4.78, 5) is 4.39. The molecule has 0 unspecified atom stereocenters. The van der Waals surface area contributed by atoms with Gasteiger partial charge >= 0.3 is 0 Å². The SMILES string of the molecule is CCc1cc(CCl)cc(OCCOCCCOC)n1. The molecule has 0 aliphatic rings. The zero-order chi connectivity index (χ0) is 13.9. The van der Waals surface area contributed by atoms with E-state index in [2.05, 4.69) is 11.9 Å². The minimum Gasteiger partial charge on any atom is -0.475 e. The van der Waals surface area contributed by atoms with Crippen molar-refractivity contribution < 1.29 is 14.2 Å². The van der Waals surface area contributed by atoms with Gasteiger partial charge in [-0.05, 0) is 24.5 Å². The average molecular weight is 288 g/mol. The summed E-state index contributed by atoms with van der Waals surface area (Å²) in [6, 6.07) is 3.87. The summed E-state index contributed by atoms with van der Waals surface area (Å²) in [6.45, 7) is 4.52. The molecule has 5 heteroatoms. The zero-order valence-electron chi connectivity index (χ0n) is 11.7. The summed E-state index contributed by atoms with van der Waals surface area (Å²) in [7, 11) is 1.68. The first-order valence-electron chi connectivity index (χ1n) is 6.55. The summed E-state index contributed by atoms with van der Waals surface area (Å²) in [6.07, 6.45) is 1.77. The molecule has 4 nitrogen and oxygen atoms in total. The van der Waals surface area contributed by atoms with Gasteiger partial charge in [0.05, 0.1) is 6.61 Å². The van der Waals surface area contributed by atoms with E-state index in [1.54, 1.807) is 7.11 Å². The van der Waals surface area contributed by atoms with Crippen molar-refractivity contribution >= 4 is 11.6 Å². The van der Waals surface area contributed by atoms with E-state index in [9.17, 15) is 0 Å². The lowest BCUT2D eigenvalue weighted by atomic mass is 10.2. The number of rotatable bonds is 10. The topological polar surface area (TPSA) is 40.6 Å². The van der Waals surface area contributed by atoms with Crippen LogP contribution in [0.4, 0.5) is 0 Å². The van der Waals surface area contributed by atoms with Crippen LogP contribution in [-0.2, 0) is 21.8 Å². The van der Waals surface area contributed by atoms with Crippen molar-refractivity contribution in [2.75, 3.05) is 33.5 Å². The van der Waals surface area contributed by atoms with Gasteiger partial charge in [0.25, 0.3) is 0 Å². The van der Waals surface area contributed by atoms with Crippen LogP contribution in [-0.4, -0.2) is 38.5 Å². The zero-order valence-corrected chi connectivity index (χ0v) is 12.4. The Balaban J connectivity index is 2.28. The molecule has 0 bridgehead atoms. The number of alkyl halides is 1. The van der Waals surface area contributed by atoms with Gasteiger partial charge < -0.3 is 14.2 Å². The number of nitrogens with zero attached hydrogens (tertiary/aromatic N) is 1. The fraction of sp³-hybridized carbons (Fsp3) is 0.643. The van der Waals surface area contributed by atoms with Crippen LogP contribution in [0.15, 0.2) is 12.1 Å². The molecule has 108 valence electrons. The Morgan fingerprint density at radius 3 is 2.68 bits per heavy atom. The van der Waals surface area contributed by atoms with Gasteiger partial charge in [0.1, 0.15) is 6.61 Å². The number of ether oxygens (including phenoxy) is 3. The third-order valence-electron chi connectivity index (χ3n) is 2.55. The van der Waals surface area contributed by atoms with Gasteiger partial charge in [-0.1, -0.05) is 6.92 Å². The van der Waals surface area contributed by atoms with E-state index in [-0.39, 0.29) is 0 Å². The van der Waals surface area contributed by atoms with E-state index >= 15 is 0 Å². The van der Waals surface area contributed by atoms with Gasteiger partial charge in [0, 0.05) is 38.0 Å². The summed E-state index contributed by atoms with van der Waals surface area (Å²) >= 11 is 5.84. The first kappa shape index (κ1) is 16.2. The largest absolute Gasteiger partial charge is 0.475 e. The van der Waals surface area contributed by atoms with Crippen LogP contribution in [0, 0.1) is 0 Å². The molecular weight excluding hydrogens is 266 g/mol. The van der Waals surface area contributed by atoms with E-state index in [0.29, 0.717) is 31.6 Å². The van der Waals surface area contributed by atoms with E-state index in [0.717, 1.165) is 30.7 Å². The Labute approximate surface area is 120 Å². The summed E-state index contributed by atoms with van der Waals surface area (Å²) in [5.41, 5.74) is 2.03. The van der Waals surface area contributed by atoms with Crippen molar-refractivity contribution in [1.82, 2.24) is 4.98 Å². The number of hydrogen-bond acceptors (Lipinski definition) is 4. The van der Waals surface area contributed by atoms with Crippen LogP contribution in [0.25, 0.3) is 0 Å². The minimum absolute atomic E-state index is 0.472. The molecule has 1 aromatic rings. The molecule has 0 radical (unpaired) electrons. The van der Waals surface area contributed by atoms with Gasteiger partial charge in [-0.25, -0.2) is 4.98 Å². The van der Waals surface area contributed by atoms with E-state index in [4.69, 9.17) is 25.8 Å². The molecule has 1 rings (SSSR count). The van der Waals surface area contributed by atoms with Crippen molar-refractivity contribution in [3.05, 3.63) is 23.4 Å². The predicted octanol–water partition coefficient (Wildman–Crippen LogP) is 2.81. The van der Waals surface area contributed by atoms with Crippen molar-refractivity contribution in [2.24, 2.45) is 0 Å². The van der Waals surface area contributed by atoms with Crippen molar-refractivity contribution in [1.29, 1.82) is 0 Å². The molecule has 0 amide bonds. The van der Waals surface area contributed by atoms with E-state index in [1.807, 2.05) is 12.1 Å². The maximum absolute atomic E-state index is 5.84. The molecule has 0 saturated carbocycles. The molecule has 1 heterocycles. The summed E-state index contributed by atoms with van der Waals surface area (Å²) < 4.78 is 15.9. The average Bonchev–Trinajstić information content (AvgIpc) is 2.45. The first-order valence-corrected chi connectivity index (χ1v) is 7.08. The highest BCUT2D eigenvalue weighted by atomic mass is 35.5. The Kier molecular flexibility index (Phi) is 8.54. The number of aromatic nitrogens is 1. The standard InChI is InChI=1S/C14H22ClNO3/c1-3-13-9-12(11-15)10-14(16-13)19-8-7-18-6-4-5-17-2/h9-10H,3-8,11H2,1-2H3. The first-order chi connectivity index (χ1) is 9.30. The van der Waals surface area contributed by atoms with Crippen LogP contribution in [0.1, 0.15) is 24.6 Å². The maximum atomic E-state index is 5.84. The molecule has 0 N–H and O–H groups in total. The third-order valence-corrected chi connectivity index (χ3v) is 2.85. The molecule has 0 fully saturated rings. The lowest BCUT2D eigenvalue weighted by Gasteiger charge is -2.09. The highest BCUT2D eigenvalue weighted by Crippen LogP contribution is 2.15. The summed E-state index contributed by atoms with van der Waals surface area (Å²) in [5, 5.41) is 0. The lowest BCUT2D eigenvalue weighted by molar-refractivity contribution is 0.0795. The van der Waals surface area contributed by atoms with Crippen molar-refractivity contribution in [2.45, 2.75) is 25.6 Å². The van der Waals surface area contributed by atoms with Crippen molar-refractivity contribution in [3.63, 3.8) is 0 Å². The second-order valence-electron chi connectivity index (χ2n) is 4.10. The van der Waals surface area contributed by atoms with Gasteiger partial charge in [0.2, 0.25) is 5.88 Å². The Morgan fingerprint density at radius 2 is 2.00 bits per heavy atom. The molecule has 0 aliphatic heterocycles. The van der Waals surface area contributed by atoms with Gasteiger partial charge in [0.15, 0.2) is 0 Å². The molecule has 1 aromatic heterocycles. The normalized spacial score (nSPS) is 10.7. The van der Waals surface area contributed by atoms with Crippen LogP contribution >= 0.6 is 11.6 Å². The third kappa shape index (κ3) is 6.76. The van der Waals surface area contributed by atoms with Crippen LogP contribution in [0.2, 0.25) is 0 Å². The monoisotopic (exact) mass is 287 g/mol. The molecule has 0 spiro atoms. The predicted molar refractivity (Wildman–Crippen MR) is 76.0 cm³/mol. The number of methoxy groups -OCH3 is 1. The number of halogens is 1. The van der Waals surface area contributed by atoms with E-state index < -0.39 is 0 Å². The van der Waals surface area contributed by atoms with Crippen molar-refractivity contribution in [3.8, 4) is 5.88 Å². The fourth-order valence-electron chi connectivity index (χ4n) is 1.57. The maximum Gasteiger partial charge on any atom is 0.213 e. The highest BCUT2D eigenvalue weighted by Gasteiger charge is 2.02. The van der Waals surface area contributed by atoms with E-state index in [1.165, 1.54) is 0 Å². The highest BCUT2D eigenvalue weighted by molar-refractivity contribution is 6.17. The van der Waals surface area contributed by atoms with Crippen LogP contribution < -0.4 is 4.74 Å². The quantitative estimate of drug-likeness (QED) is 0.490. The van der Waals surface area contributed by atoms with Gasteiger partial charge in [-0.3, -0.25) is 0 Å². The molecule has 0 atom stereocenters. The Bertz CT molecular complexity index is 338. The molecular formula is C14H22ClNO3. The summed E-state index contributed by atoms with van der Waals surface area (Å²) in [5.74, 6) is 1.09. The number of pyridine rings is 1. The molecule has 0 aliphatic carbocycles. The van der Waals surface area contributed by atoms with Crippen LogP contribution in [0.3, 0.4) is 0 Å². The second kappa shape index (κ2) is 10.0. The minimum atomic E-state index is 0.472. The lowest BCUT2D eigenvalue weighted by Crippen LogP contribution is -2.09. The fourth-order valence-corrected chi connectivity index (χ4v) is 1.72. The Morgan fingerprint density at radius 1 is 1.16 bits per heavy atom. The number of hydrogen-bond donors (Lipinski definition) is 0. The van der Waals surface area contributed by atoms with Gasteiger partial charge in [-0.2, -0.15) is 0 Å². The second-order valence-corrected chi connectivity index (χ2v) is 4.37. The molecule has 0 saturated heterocycles. The number of aryl methyl sites for hydroxylation is 1. The van der Waals surface area contributed by atoms with Crippen LogP contribution in [0.5, 0.6) is 5.88 Å². The smallest absolute Gasteiger partial charge is 0.213 e. The van der Waals surface area contributed by atoms with Gasteiger partial charge in [-0.15, -0.1) is 11.6 Å². The Hall–Kier alpha value is -0.840. The molecule has 0 aromatic carbocycles. The molecule has 19 heavy (non-hydrogen) atoms.